The Hall–Kier alpha value is -2.74. The molecule has 8 heteroatoms. The molecule has 29 heavy (non-hydrogen) atoms. The van der Waals surface area contributed by atoms with Crippen molar-refractivity contribution in [2.75, 3.05) is 40.4 Å². The van der Waals surface area contributed by atoms with Crippen LogP contribution in [0.4, 0.5) is 13.2 Å². The number of hydrogen-bond acceptors (Lipinski definition) is 4. The van der Waals surface area contributed by atoms with Crippen molar-refractivity contribution >= 4 is 5.91 Å². The zero-order valence-corrected chi connectivity index (χ0v) is 16.3. The molecule has 0 bridgehead atoms. The molecule has 0 aromatic heterocycles. The topological polar surface area (TPSA) is 42.0 Å². The Kier molecular flexibility index (Phi) is 6.32. The third-order valence-electron chi connectivity index (χ3n) is 4.98. The molecular formula is C21H23F3N2O3. The van der Waals surface area contributed by atoms with Crippen molar-refractivity contribution in [2.24, 2.45) is 0 Å². The molecule has 0 spiro atoms. The SMILES string of the molecule is COc1cccc(C(=O)N2CCN(Cc3ccc(C(F)(F)F)cc3)CC2)c1OC. The van der Waals surface area contributed by atoms with Gasteiger partial charge in [0.1, 0.15) is 0 Å². The molecule has 0 unspecified atom stereocenters. The molecule has 3 rings (SSSR count). The Morgan fingerprint density at radius 2 is 1.62 bits per heavy atom. The maximum atomic E-state index is 12.9. The molecule has 2 aromatic carbocycles. The maximum Gasteiger partial charge on any atom is 0.416 e. The molecule has 1 aliphatic rings. The molecule has 156 valence electrons. The van der Waals surface area contributed by atoms with Crippen LogP contribution in [0.25, 0.3) is 0 Å². The number of halogens is 3. The average molecular weight is 408 g/mol. The summed E-state index contributed by atoms with van der Waals surface area (Å²) in [5.74, 6) is 0.779. The third kappa shape index (κ3) is 4.82. The number of piperazine rings is 1. The first-order valence-corrected chi connectivity index (χ1v) is 9.22. The van der Waals surface area contributed by atoms with Gasteiger partial charge in [-0.15, -0.1) is 0 Å². The lowest BCUT2D eigenvalue weighted by atomic mass is 10.1. The number of para-hydroxylation sites is 1. The summed E-state index contributed by atoms with van der Waals surface area (Å²) in [6.07, 6.45) is -4.33. The molecule has 1 saturated heterocycles. The van der Waals surface area contributed by atoms with Gasteiger partial charge < -0.3 is 14.4 Å². The normalized spacial score (nSPS) is 15.3. The van der Waals surface area contributed by atoms with Crippen LogP contribution < -0.4 is 9.47 Å². The highest BCUT2D eigenvalue weighted by molar-refractivity contribution is 5.97. The predicted octanol–water partition coefficient (Wildman–Crippen LogP) is 3.68. The van der Waals surface area contributed by atoms with Crippen LogP contribution in [-0.2, 0) is 12.7 Å². The van der Waals surface area contributed by atoms with E-state index in [-0.39, 0.29) is 5.91 Å². The minimum absolute atomic E-state index is 0.130. The van der Waals surface area contributed by atoms with Crippen molar-refractivity contribution in [3.63, 3.8) is 0 Å². The molecular weight excluding hydrogens is 385 g/mol. The van der Waals surface area contributed by atoms with Crippen molar-refractivity contribution in [1.82, 2.24) is 9.80 Å². The summed E-state index contributed by atoms with van der Waals surface area (Å²) in [7, 11) is 3.02. The Bertz CT molecular complexity index is 845. The molecule has 0 saturated carbocycles. The van der Waals surface area contributed by atoms with Crippen LogP contribution in [0.1, 0.15) is 21.5 Å². The molecule has 1 aliphatic heterocycles. The lowest BCUT2D eigenvalue weighted by Gasteiger charge is -2.35. The number of carbonyl (C=O) groups is 1. The standard InChI is InChI=1S/C21H23F3N2O3/c1-28-18-5-3-4-17(19(18)29-2)20(27)26-12-10-25(11-13-26)14-15-6-8-16(9-7-15)21(22,23)24/h3-9H,10-14H2,1-2H3. The van der Waals surface area contributed by atoms with E-state index in [9.17, 15) is 18.0 Å². The second-order valence-corrected chi connectivity index (χ2v) is 6.80. The average Bonchev–Trinajstić information content (AvgIpc) is 2.73. The Balaban J connectivity index is 1.60. The number of amides is 1. The van der Waals surface area contributed by atoms with Gasteiger partial charge >= 0.3 is 6.18 Å². The van der Waals surface area contributed by atoms with Gasteiger partial charge in [0.2, 0.25) is 0 Å². The number of methoxy groups -OCH3 is 2. The van der Waals surface area contributed by atoms with Crippen LogP contribution in [0, 0.1) is 0 Å². The van der Waals surface area contributed by atoms with E-state index < -0.39 is 11.7 Å². The fraction of sp³-hybridized carbons (Fsp3) is 0.381. The smallest absolute Gasteiger partial charge is 0.416 e. The summed E-state index contributed by atoms with van der Waals surface area (Å²) in [4.78, 5) is 16.8. The van der Waals surface area contributed by atoms with Gasteiger partial charge in [0.25, 0.3) is 5.91 Å². The molecule has 1 heterocycles. The Morgan fingerprint density at radius 3 is 2.17 bits per heavy atom. The van der Waals surface area contributed by atoms with Gasteiger partial charge in [-0.05, 0) is 29.8 Å². The predicted molar refractivity (Wildman–Crippen MR) is 102 cm³/mol. The molecule has 5 nitrogen and oxygen atoms in total. The van der Waals surface area contributed by atoms with Gasteiger partial charge in [-0.3, -0.25) is 9.69 Å². The monoisotopic (exact) mass is 408 g/mol. The van der Waals surface area contributed by atoms with Crippen molar-refractivity contribution in [1.29, 1.82) is 0 Å². The van der Waals surface area contributed by atoms with Gasteiger partial charge in [0, 0.05) is 32.7 Å². The van der Waals surface area contributed by atoms with E-state index in [0.29, 0.717) is 49.8 Å². The number of hydrogen-bond donors (Lipinski definition) is 0. The van der Waals surface area contributed by atoms with Crippen LogP contribution in [0.3, 0.4) is 0 Å². The van der Waals surface area contributed by atoms with E-state index in [1.807, 2.05) is 0 Å². The molecule has 0 radical (unpaired) electrons. The molecule has 0 N–H and O–H groups in total. The van der Waals surface area contributed by atoms with Crippen LogP contribution in [0.15, 0.2) is 42.5 Å². The van der Waals surface area contributed by atoms with Crippen molar-refractivity contribution < 1.29 is 27.4 Å². The summed E-state index contributed by atoms with van der Waals surface area (Å²) in [5.41, 5.74) is 0.610. The number of benzene rings is 2. The number of alkyl halides is 3. The van der Waals surface area contributed by atoms with E-state index in [1.165, 1.54) is 26.4 Å². The summed E-state index contributed by atoms with van der Waals surface area (Å²) >= 11 is 0. The molecule has 1 amide bonds. The highest BCUT2D eigenvalue weighted by Crippen LogP contribution is 2.32. The fourth-order valence-corrected chi connectivity index (χ4v) is 3.39. The van der Waals surface area contributed by atoms with Gasteiger partial charge in [-0.1, -0.05) is 18.2 Å². The zero-order chi connectivity index (χ0) is 21.0. The minimum Gasteiger partial charge on any atom is -0.493 e. The molecule has 1 fully saturated rings. The quantitative estimate of drug-likeness (QED) is 0.757. The Labute approximate surface area is 167 Å². The molecule has 0 aliphatic carbocycles. The van der Waals surface area contributed by atoms with Crippen LogP contribution in [0.5, 0.6) is 11.5 Å². The van der Waals surface area contributed by atoms with Crippen LogP contribution in [0.2, 0.25) is 0 Å². The van der Waals surface area contributed by atoms with Gasteiger partial charge in [-0.25, -0.2) is 0 Å². The second kappa shape index (κ2) is 8.73. The maximum absolute atomic E-state index is 12.9. The van der Waals surface area contributed by atoms with E-state index in [1.54, 1.807) is 23.1 Å². The van der Waals surface area contributed by atoms with Gasteiger partial charge in [0.15, 0.2) is 11.5 Å². The van der Waals surface area contributed by atoms with Crippen LogP contribution >= 0.6 is 0 Å². The number of carbonyl (C=O) groups excluding carboxylic acids is 1. The lowest BCUT2D eigenvalue weighted by Crippen LogP contribution is -2.48. The first-order chi connectivity index (χ1) is 13.8. The lowest BCUT2D eigenvalue weighted by molar-refractivity contribution is -0.137. The third-order valence-corrected chi connectivity index (χ3v) is 4.98. The van der Waals surface area contributed by atoms with E-state index in [0.717, 1.165) is 17.7 Å². The number of nitrogens with zero attached hydrogens (tertiary/aromatic N) is 2. The highest BCUT2D eigenvalue weighted by atomic mass is 19.4. The molecule has 0 atom stereocenters. The van der Waals surface area contributed by atoms with Crippen LogP contribution in [-0.4, -0.2) is 56.1 Å². The van der Waals surface area contributed by atoms with E-state index in [4.69, 9.17) is 9.47 Å². The van der Waals surface area contributed by atoms with Gasteiger partial charge in [-0.2, -0.15) is 13.2 Å². The summed E-state index contributed by atoms with van der Waals surface area (Å²) in [5, 5.41) is 0. The number of ether oxygens (including phenoxy) is 2. The zero-order valence-electron chi connectivity index (χ0n) is 16.3. The highest BCUT2D eigenvalue weighted by Gasteiger charge is 2.30. The summed E-state index contributed by atoms with van der Waals surface area (Å²) < 4.78 is 48.6. The van der Waals surface area contributed by atoms with Gasteiger partial charge in [0.05, 0.1) is 25.3 Å². The first kappa shape index (κ1) is 21.0. The van der Waals surface area contributed by atoms with Crippen molar-refractivity contribution in [2.45, 2.75) is 12.7 Å². The Morgan fingerprint density at radius 1 is 0.966 bits per heavy atom. The summed E-state index contributed by atoms with van der Waals surface area (Å²) in [6.45, 7) is 2.88. The van der Waals surface area contributed by atoms with Crippen molar-refractivity contribution in [3.8, 4) is 11.5 Å². The minimum atomic E-state index is -4.33. The summed E-state index contributed by atoms with van der Waals surface area (Å²) in [6, 6.07) is 10.4. The first-order valence-electron chi connectivity index (χ1n) is 9.22. The molecule has 2 aromatic rings. The van der Waals surface area contributed by atoms with E-state index in [2.05, 4.69) is 4.90 Å². The van der Waals surface area contributed by atoms with Crippen molar-refractivity contribution in [3.05, 3.63) is 59.2 Å². The second-order valence-electron chi connectivity index (χ2n) is 6.80. The van der Waals surface area contributed by atoms with E-state index >= 15 is 0 Å². The fourth-order valence-electron chi connectivity index (χ4n) is 3.39. The largest absolute Gasteiger partial charge is 0.493 e. The number of rotatable bonds is 5.